The Morgan fingerprint density at radius 2 is 2.00 bits per heavy atom. The van der Waals surface area contributed by atoms with Crippen molar-refractivity contribution in [3.63, 3.8) is 0 Å². The zero-order valence-corrected chi connectivity index (χ0v) is 11.5. The average Bonchev–Trinajstić information content (AvgIpc) is 2.38. The van der Waals surface area contributed by atoms with Gasteiger partial charge in [0, 0.05) is 11.6 Å². The molecule has 0 amide bonds. The zero-order valence-electron chi connectivity index (χ0n) is 11.5. The fourth-order valence-electron chi connectivity index (χ4n) is 2.90. The van der Waals surface area contributed by atoms with Gasteiger partial charge >= 0.3 is 6.18 Å². The first-order valence-electron chi connectivity index (χ1n) is 6.74. The summed E-state index contributed by atoms with van der Waals surface area (Å²) in [5.74, 6) is -0.613. The number of halogens is 4. The third-order valence-electron chi connectivity index (χ3n) is 4.19. The molecule has 2 bridgehead atoms. The molecule has 2 nitrogen and oxygen atoms in total. The number of morpholine rings is 1. The quantitative estimate of drug-likeness (QED) is 0.738. The third-order valence-corrected chi connectivity index (χ3v) is 4.19. The predicted octanol–water partition coefficient (Wildman–Crippen LogP) is 3.33. The molecule has 2 aliphatic rings. The number of likely N-dealkylation sites (N-methyl/N-ethyl adjacent to an activating group) is 1. The number of hydrogen-bond acceptors (Lipinski definition) is 2. The molecule has 6 heteroatoms. The molecule has 1 saturated heterocycles. The molecule has 0 spiro atoms. The van der Waals surface area contributed by atoms with Crippen LogP contribution in [0.5, 0.6) is 0 Å². The van der Waals surface area contributed by atoms with Gasteiger partial charge in [0.1, 0.15) is 5.82 Å². The van der Waals surface area contributed by atoms with E-state index in [-0.39, 0.29) is 17.6 Å². The number of nitrogens with zero attached hydrogens (tertiary/aromatic N) is 1. The zero-order chi connectivity index (χ0) is 15.2. The SMILES string of the molecule is CN1C2C=C(c3cc(C(F)(F)F)ccc3F)CC1COC2. The summed E-state index contributed by atoms with van der Waals surface area (Å²) in [6, 6.07) is 2.64. The highest BCUT2D eigenvalue weighted by molar-refractivity contribution is 5.69. The first-order valence-corrected chi connectivity index (χ1v) is 6.74. The van der Waals surface area contributed by atoms with Crippen LogP contribution in [0.25, 0.3) is 5.57 Å². The molecule has 0 aromatic heterocycles. The van der Waals surface area contributed by atoms with Gasteiger partial charge in [-0.05, 0) is 37.2 Å². The molecule has 0 saturated carbocycles. The van der Waals surface area contributed by atoms with Crippen molar-refractivity contribution in [2.75, 3.05) is 20.3 Å². The van der Waals surface area contributed by atoms with Gasteiger partial charge in [0.15, 0.2) is 0 Å². The number of fused-ring (bicyclic) bond motifs is 2. The molecule has 2 heterocycles. The summed E-state index contributed by atoms with van der Waals surface area (Å²) in [4.78, 5) is 2.12. The van der Waals surface area contributed by atoms with Crippen molar-refractivity contribution in [2.24, 2.45) is 0 Å². The Kier molecular flexibility index (Phi) is 3.53. The van der Waals surface area contributed by atoms with Crippen LogP contribution in [0.3, 0.4) is 0 Å². The molecule has 0 aliphatic carbocycles. The Balaban J connectivity index is 2.00. The van der Waals surface area contributed by atoms with Crippen LogP contribution < -0.4 is 0 Å². The summed E-state index contributed by atoms with van der Waals surface area (Å²) >= 11 is 0. The molecule has 21 heavy (non-hydrogen) atoms. The lowest BCUT2D eigenvalue weighted by molar-refractivity contribution is -0.137. The van der Waals surface area contributed by atoms with E-state index in [2.05, 4.69) is 4.90 Å². The Bertz CT molecular complexity index is 582. The van der Waals surface area contributed by atoms with Gasteiger partial charge in [-0.25, -0.2) is 4.39 Å². The second kappa shape index (κ2) is 5.10. The highest BCUT2D eigenvalue weighted by Crippen LogP contribution is 2.36. The minimum Gasteiger partial charge on any atom is -0.378 e. The highest BCUT2D eigenvalue weighted by Gasteiger charge is 2.35. The van der Waals surface area contributed by atoms with Crippen molar-refractivity contribution >= 4 is 5.57 Å². The predicted molar refractivity (Wildman–Crippen MR) is 70.2 cm³/mol. The van der Waals surface area contributed by atoms with Gasteiger partial charge in [-0.1, -0.05) is 6.08 Å². The molecular formula is C15H15F4NO. The van der Waals surface area contributed by atoms with E-state index in [1.165, 1.54) is 0 Å². The lowest BCUT2D eigenvalue weighted by Gasteiger charge is -2.42. The minimum absolute atomic E-state index is 0.0126. The van der Waals surface area contributed by atoms with E-state index >= 15 is 0 Å². The average molecular weight is 301 g/mol. The van der Waals surface area contributed by atoms with Gasteiger partial charge in [-0.3, -0.25) is 4.90 Å². The third kappa shape index (κ3) is 2.70. The maximum atomic E-state index is 14.0. The Hall–Kier alpha value is -1.40. The summed E-state index contributed by atoms with van der Waals surface area (Å²) in [6.45, 7) is 1.00. The van der Waals surface area contributed by atoms with Gasteiger partial charge in [-0.2, -0.15) is 13.2 Å². The van der Waals surface area contributed by atoms with E-state index in [0.29, 0.717) is 25.2 Å². The topological polar surface area (TPSA) is 12.5 Å². The van der Waals surface area contributed by atoms with E-state index < -0.39 is 17.6 Å². The Morgan fingerprint density at radius 1 is 1.24 bits per heavy atom. The molecule has 2 aliphatic heterocycles. The number of hydrogen-bond donors (Lipinski definition) is 0. The van der Waals surface area contributed by atoms with Gasteiger partial charge in [0.25, 0.3) is 0 Å². The maximum absolute atomic E-state index is 14.0. The van der Waals surface area contributed by atoms with Gasteiger partial charge < -0.3 is 4.74 Å². The molecule has 114 valence electrons. The monoisotopic (exact) mass is 301 g/mol. The number of benzene rings is 1. The van der Waals surface area contributed by atoms with Crippen LogP contribution in [-0.2, 0) is 10.9 Å². The van der Waals surface area contributed by atoms with Crippen molar-refractivity contribution in [3.05, 3.63) is 41.2 Å². The normalized spacial score (nSPS) is 26.6. The second-order valence-electron chi connectivity index (χ2n) is 5.51. The molecule has 0 radical (unpaired) electrons. The number of alkyl halides is 3. The van der Waals surface area contributed by atoms with Crippen molar-refractivity contribution in [3.8, 4) is 0 Å². The van der Waals surface area contributed by atoms with Crippen molar-refractivity contribution in [2.45, 2.75) is 24.7 Å². The molecule has 3 rings (SSSR count). The lowest BCUT2D eigenvalue weighted by atomic mass is 9.89. The summed E-state index contributed by atoms with van der Waals surface area (Å²) in [7, 11) is 1.95. The molecule has 2 atom stereocenters. The van der Waals surface area contributed by atoms with Crippen LogP contribution in [-0.4, -0.2) is 37.2 Å². The molecule has 1 aromatic rings. The summed E-state index contributed by atoms with van der Waals surface area (Å²) in [6.07, 6.45) is -2.16. The van der Waals surface area contributed by atoms with Crippen LogP contribution in [0.4, 0.5) is 17.6 Å². The molecule has 1 fully saturated rings. The van der Waals surface area contributed by atoms with Crippen LogP contribution >= 0.6 is 0 Å². The summed E-state index contributed by atoms with van der Waals surface area (Å²) in [5, 5.41) is 0. The van der Waals surface area contributed by atoms with Crippen LogP contribution in [0, 0.1) is 5.82 Å². The largest absolute Gasteiger partial charge is 0.416 e. The van der Waals surface area contributed by atoms with Crippen molar-refractivity contribution < 1.29 is 22.3 Å². The minimum atomic E-state index is -4.46. The van der Waals surface area contributed by atoms with Crippen LogP contribution in [0.1, 0.15) is 17.5 Å². The van der Waals surface area contributed by atoms with Crippen molar-refractivity contribution in [1.29, 1.82) is 0 Å². The van der Waals surface area contributed by atoms with E-state index in [1.807, 2.05) is 13.1 Å². The smallest absolute Gasteiger partial charge is 0.378 e. The van der Waals surface area contributed by atoms with Crippen LogP contribution in [0.15, 0.2) is 24.3 Å². The molecule has 1 aromatic carbocycles. The fraction of sp³-hybridized carbons (Fsp3) is 0.467. The van der Waals surface area contributed by atoms with Crippen LogP contribution in [0.2, 0.25) is 0 Å². The highest BCUT2D eigenvalue weighted by atomic mass is 19.4. The Morgan fingerprint density at radius 3 is 2.67 bits per heavy atom. The van der Waals surface area contributed by atoms with Gasteiger partial charge in [0.05, 0.1) is 24.8 Å². The first-order chi connectivity index (χ1) is 9.86. The van der Waals surface area contributed by atoms with E-state index in [1.54, 1.807) is 0 Å². The standard InChI is InChI=1S/C15H15F4NO/c1-20-11-4-9(5-12(20)8-21-7-11)13-6-10(15(17,18)19)2-3-14(13)16/h2-4,6,11-12H,5,7-8H2,1H3. The fourth-order valence-corrected chi connectivity index (χ4v) is 2.90. The molecule has 2 unspecified atom stereocenters. The first kappa shape index (κ1) is 14.5. The van der Waals surface area contributed by atoms with E-state index in [9.17, 15) is 17.6 Å². The number of rotatable bonds is 1. The van der Waals surface area contributed by atoms with Gasteiger partial charge in [-0.15, -0.1) is 0 Å². The maximum Gasteiger partial charge on any atom is 0.416 e. The summed E-state index contributed by atoms with van der Waals surface area (Å²) < 4.78 is 57.8. The van der Waals surface area contributed by atoms with Gasteiger partial charge in [0.2, 0.25) is 0 Å². The molecule has 0 N–H and O–H groups in total. The Labute approximate surface area is 120 Å². The van der Waals surface area contributed by atoms with E-state index in [0.717, 1.165) is 18.2 Å². The van der Waals surface area contributed by atoms with Crippen molar-refractivity contribution in [1.82, 2.24) is 4.90 Å². The lowest BCUT2D eigenvalue weighted by Crippen LogP contribution is -2.51. The molecular weight excluding hydrogens is 286 g/mol. The van der Waals surface area contributed by atoms with E-state index in [4.69, 9.17) is 4.74 Å². The number of ether oxygens (including phenoxy) is 1. The second-order valence-corrected chi connectivity index (χ2v) is 5.51. The summed E-state index contributed by atoms with van der Waals surface area (Å²) in [5.41, 5.74) is -0.134.